The smallest absolute Gasteiger partial charge is 0.268 e. The first-order valence-corrected chi connectivity index (χ1v) is 3.50. The molecule has 4 nitrogen and oxygen atoms in total. The molecule has 1 heterocycles. The van der Waals surface area contributed by atoms with Crippen molar-refractivity contribution in [3.8, 4) is 0 Å². The molecule has 1 aromatic heterocycles. The van der Waals surface area contributed by atoms with E-state index >= 15 is 0 Å². The molecule has 0 saturated carbocycles. The van der Waals surface area contributed by atoms with E-state index < -0.39 is 0 Å². The summed E-state index contributed by atoms with van der Waals surface area (Å²) in [5.74, 6) is 0. The molecule has 0 spiro atoms. The van der Waals surface area contributed by atoms with Crippen LogP contribution in [0, 0.1) is 13.8 Å². The van der Waals surface area contributed by atoms with Gasteiger partial charge in [0.2, 0.25) is 0 Å². The molecule has 0 saturated heterocycles. The normalized spacial score (nSPS) is 10.2. The van der Waals surface area contributed by atoms with E-state index in [0.717, 1.165) is 11.3 Å². The highest BCUT2D eigenvalue weighted by molar-refractivity contribution is 5.14. The topological polar surface area (TPSA) is 41.0 Å². The Morgan fingerprint density at radius 1 is 1.36 bits per heavy atom. The first-order chi connectivity index (χ1) is 5.04. The third kappa shape index (κ3) is 1.15. The summed E-state index contributed by atoms with van der Waals surface area (Å²) >= 11 is 0. The van der Waals surface area contributed by atoms with E-state index in [1.165, 1.54) is 0 Å². The fourth-order valence-corrected chi connectivity index (χ4v) is 0.987. The first-order valence-electron chi connectivity index (χ1n) is 3.50. The van der Waals surface area contributed by atoms with E-state index in [1.807, 2.05) is 33.0 Å². The fraction of sp³-hybridized carbons (Fsp3) is 0.571. The number of nitrogens with zero attached hydrogens (tertiary/aromatic N) is 2. The predicted octanol–water partition coefficient (Wildman–Crippen LogP) is -0.00916. The Morgan fingerprint density at radius 2 is 1.91 bits per heavy atom. The van der Waals surface area contributed by atoms with Gasteiger partial charge in [0.15, 0.2) is 0 Å². The Kier molecular flexibility index (Phi) is 1.76. The summed E-state index contributed by atoms with van der Waals surface area (Å²) in [5.41, 5.74) is 1.72. The standard InChI is InChI=1S/C7H13N3O/c1-5-6(2)10(9(3)4)8-7(5)11/h1-4H3,(H,8,11). The molecule has 0 aliphatic rings. The molecule has 0 fully saturated rings. The summed E-state index contributed by atoms with van der Waals surface area (Å²) < 4.78 is 0. The Morgan fingerprint density at radius 3 is 2.09 bits per heavy atom. The second-order valence-electron chi connectivity index (χ2n) is 2.81. The van der Waals surface area contributed by atoms with Crippen LogP contribution in [0.4, 0.5) is 0 Å². The molecule has 11 heavy (non-hydrogen) atoms. The largest absolute Gasteiger partial charge is 0.305 e. The van der Waals surface area contributed by atoms with Crippen LogP contribution in [0.2, 0.25) is 0 Å². The van der Waals surface area contributed by atoms with Crippen molar-refractivity contribution in [2.24, 2.45) is 0 Å². The molecule has 1 aromatic rings. The minimum Gasteiger partial charge on any atom is -0.305 e. The van der Waals surface area contributed by atoms with Crippen molar-refractivity contribution in [1.82, 2.24) is 9.89 Å². The lowest BCUT2D eigenvalue weighted by Gasteiger charge is -2.14. The lowest BCUT2D eigenvalue weighted by atomic mass is 10.3. The maximum Gasteiger partial charge on any atom is 0.268 e. The van der Waals surface area contributed by atoms with E-state index in [2.05, 4.69) is 5.10 Å². The van der Waals surface area contributed by atoms with Gasteiger partial charge in [-0.25, -0.2) is 9.89 Å². The van der Waals surface area contributed by atoms with Crippen molar-refractivity contribution in [2.75, 3.05) is 19.1 Å². The number of hydrogen-bond donors (Lipinski definition) is 1. The zero-order chi connectivity index (χ0) is 8.59. The quantitative estimate of drug-likeness (QED) is 0.619. The summed E-state index contributed by atoms with van der Waals surface area (Å²) in [4.78, 5) is 12.8. The third-order valence-electron chi connectivity index (χ3n) is 1.81. The molecule has 0 radical (unpaired) electrons. The minimum atomic E-state index is -0.0174. The molecule has 62 valence electrons. The van der Waals surface area contributed by atoms with Crippen LogP contribution in [0.3, 0.4) is 0 Å². The van der Waals surface area contributed by atoms with Crippen molar-refractivity contribution in [2.45, 2.75) is 13.8 Å². The molecule has 0 aromatic carbocycles. The number of rotatable bonds is 1. The Bertz CT molecular complexity index is 308. The summed E-state index contributed by atoms with van der Waals surface area (Å²) in [6.07, 6.45) is 0. The van der Waals surface area contributed by atoms with Crippen molar-refractivity contribution in [3.63, 3.8) is 0 Å². The number of aromatic amines is 1. The minimum absolute atomic E-state index is 0.0174. The average molecular weight is 155 g/mol. The van der Waals surface area contributed by atoms with Crippen molar-refractivity contribution in [1.29, 1.82) is 0 Å². The molecular formula is C7H13N3O. The van der Waals surface area contributed by atoms with E-state index in [0.29, 0.717) is 0 Å². The second kappa shape index (κ2) is 2.45. The molecule has 0 unspecified atom stereocenters. The van der Waals surface area contributed by atoms with Gasteiger partial charge < -0.3 is 5.01 Å². The molecule has 1 rings (SSSR count). The molecule has 0 aliphatic heterocycles. The van der Waals surface area contributed by atoms with Gasteiger partial charge in [0.25, 0.3) is 5.56 Å². The van der Waals surface area contributed by atoms with E-state index in [9.17, 15) is 4.79 Å². The van der Waals surface area contributed by atoms with Crippen molar-refractivity contribution >= 4 is 0 Å². The Balaban J connectivity index is 3.30. The number of hydrogen-bond acceptors (Lipinski definition) is 2. The average Bonchev–Trinajstić information content (AvgIpc) is 2.17. The van der Waals surface area contributed by atoms with Crippen LogP contribution in [0.25, 0.3) is 0 Å². The van der Waals surface area contributed by atoms with Crippen molar-refractivity contribution in [3.05, 3.63) is 21.6 Å². The van der Waals surface area contributed by atoms with Gasteiger partial charge in [-0.1, -0.05) is 0 Å². The maximum atomic E-state index is 11.1. The van der Waals surface area contributed by atoms with Crippen LogP contribution in [0.15, 0.2) is 4.79 Å². The van der Waals surface area contributed by atoms with E-state index in [4.69, 9.17) is 0 Å². The SMILES string of the molecule is Cc1c(C)n(N(C)C)[nH]c1=O. The van der Waals surface area contributed by atoms with Crippen LogP contribution >= 0.6 is 0 Å². The van der Waals surface area contributed by atoms with Gasteiger partial charge in [0, 0.05) is 19.7 Å². The van der Waals surface area contributed by atoms with E-state index in [-0.39, 0.29) is 5.56 Å². The number of H-pyrrole nitrogens is 1. The molecule has 4 heteroatoms. The highest BCUT2D eigenvalue weighted by Crippen LogP contribution is 1.97. The lowest BCUT2D eigenvalue weighted by Crippen LogP contribution is -2.28. The summed E-state index contributed by atoms with van der Waals surface area (Å²) in [6.45, 7) is 3.72. The first kappa shape index (κ1) is 7.91. The van der Waals surface area contributed by atoms with Crippen LogP contribution in [0.1, 0.15) is 11.3 Å². The molecule has 0 amide bonds. The zero-order valence-electron chi connectivity index (χ0n) is 7.30. The number of nitrogens with one attached hydrogen (secondary N) is 1. The third-order valence-corrected chi connectivity index (χ3v) is 1.81. The van der Waals surface area contributed by atoms with Crippen molar-refractivity contribution < 1.29 is 0 Å². The van der Waals surface area contributed by atoms with Gasteiger partial charge in [-0.05, 0) is 13.8 Å². The van der Waals surface area contributed by atoms with Gasteiger partial charge >= 0.3 is 0 Å². The van der Waals surface area contributed by atoms with Gasteiger partial charge in [-0.2, -0.15) is 0 Å². The summed E-state index contributed by atoms with van der Waals surface area (Å²) in [7, 11) is 3.75. The van der Waals surface area contributed by atoms with Gasteiger partial charge in [0.1, 0.15) is 0 Å². The lowest BCUT2D eigenvalue weighted by molar-refractivity contribution is 0.615. The molecule has 0 atom stereocenters. The van der Waals surface area contributed by atoms with E-state index in [1.54, 1.807) is 4.79 Å². The summed E-state index contributed by atoms with van der Waals surface area (Å²) in [6, 6.07) is 0. The van der Waals surface area contributed by atoms with Crippen LogP contribution in [-0.2, 0) is 0 Å². The maximum absolute atomic E-state index is 11.1. The number of aromatic nitrogens is 2. The fourth-order valence-electron chi connectivity index (χ4n) is 0.987. The summed E-state index contributed by atoms with van der Waals surface area (Å²) in [5, 5.41) is 4.52. The second-order valence-corrected chi connectivity index (χ2v) is 2.81. The van der Waals surface area contributed by atoms with Crippen LogP contribution in [0.5, 0.6) is 0 Å². The Labute approximate surface area is 65.4 Å². The predicted molar refractivity (Wildman–Crippen MR) is 44.6 cm³/mol. The molecule has 1 N–H and O–H groups in total. The zero-order valence-corrected chi connectivity index (χ0v) is 7.30. The molecule has 0 bridgehead atoms. The van der Waals surface area contributed by atoms with Gasteiger partial charge in [-0.15, -0.1) is 0 Å². The van der Waals surface area contributed by atoms with Gasteiger partial charge in [0.05, 0.1) is 5.69 Å². The molecule has 0 aliphatic carbocycles. The van der Waals surface area contributed by atoms with Crippen LogP contribution in [-0.4, -0.2) is 24.0 Å². The van der Waals surface area contributed by atoms with Gasteiger partial charge in [-0.3, -0.25) is 4.79 Å². The van der Waals surface area contributed by atoms with Crippen LogP contribution < -0.4 is 10.6 Å². The molecular weight excluding hydrogens is 142 g/mol. The monoisotopic (exact) mass is 155 g/mol. The Hall–Kier alpha value is -1.19. The highest BCUT2D eigenvalue weighted by Gasteiger charge is 2.05. The highest BCUT2D eigenvalue weighted by atomic mass is 16.1.